The van der Waals surface area contributed by atoms with Gasteiger partial charge < -0.3 is 14.0 Å². The molecule has 3 heterocycles. The quantitative estimate of drug-likeness (QED) is 0.848. The summed E-state index contributed by atoms with van der Waals surface area (Å²) in [6.07, 6.45) is 4.07. The van der Waals surface area contributed by atoms with E-state index < -0.39 is 0 Å². The van der Waals surface area contributed by atoms with E-state index in [2.05, 4.69) is 14.7 Å². The van der Waals surface area contributed by atoms with Crippen molar-refractivity contribution in [2.24, 2.45) is 7.05 Å². The van der Waals surface area contributed by atoms with Crippen LogP contribution in [0.4, 0.5) is 0 Å². The van der Waals surface area contributed by atoms with Gasteiger partial charge in [-0.3, -0.25) is 4.79 Å². The van der Waals surface area contributed by atoms with E-state index in [0.29, 0.717) is 18.0 Å². The van der Waals surface area contributed by atoms with Gasteiger partial charge in [0.1, 0.15) is 11.6 Å². The molecule has 6 heteroatoms. The minimum atomic E-state index is -0.0533. The number of likely N-dealkylation sites (tertiary alicyclic amines) is 1. The Morgan fingerprint density at radius 3 is 2.86 bits per heavy atom. The zero-order chi connectivity index (χ0) is 15.0. The predicted octanol–water partition coefficient (Wildman–Crippen LogP) is 2.04. The number of aryl methyl sites for hydroxylation is 3. The Labute approximate surface area is 123 Å². The lowest BCUT2D eigenvalue weighted by Crippen LogP contribution is -2.39. The van der Waals surface area contributed by atoms with E-state index in [1.54, 1.807) is 13.0 Å². The van der Waals surface area contributed by atoms with Crippen LogP contribution in [0.1, 0.15) is 46.5 Å². The molecule has 112 valence electrons. The monoisotopic (exact) mass is 288 g/mol. The van der Waals surface area contributed by atoms with Crippen LogP contribution in [0, 0.1) is 13.8 Å². The Balaban J connectivity index is 1.77. The molecule has 0 saturated carbocycles. The fourth-order valence-corrected chi connectivity index (χ4v) is 3.02. The number of hydrogen-bond acceptors (Lipinski definition) is 4. The molecule has 21 heavy (non-hydrogen) atoms. The first-order valence-corrected chi connectivity index (χ1v) is 7.27. The molecular weight excluding hydrogens is 268 g/mol. The molecule has 0 aromatic carbocycles. The van der Waals surface area contributed by atoms with Gasteiger partial charge in [-0.05, 0) is 26.7 Å². The largest absolute Gasteiger partial charge is 0.361 e. The summed E-state index contributed by atoms with van der Waals surface area (Å²) < 4.78 is 7.06. The van der Waals surface area contributed by atoms with Gasteiger partial charge in [0.05, 0.1) is 5.69 Å². The minimum absolute atomic E-state index is 0.0533. The molecule has 3 rings (SSSR count). The fraction of sp³-hybridized carbons (Fsp3) is 0.533. The first-order valence-electron chi connectivity index (χ1n) is 7.27. The van der Waals surface area contributed by atoms with E-state index in [-0.39, 0.29) is 11.8 Å². The van der Waals surface area contributed by atoms with Crippen molar-refractivity contribution in [1.82, 2.24) is 19.6 Å². The van der Waals surface area contributed by atoms with Crippen molar-refractivity contribution in [1.29, 1.82) is 0 Å². The Morgan fingerprint density at radius 2 is 2.24 bits per heavy atom. The number of carbonyl (C=O) groups is 1. The number of hydrogen-bond donors (Lipinski definition) is 0. The topological polar surface area (TPSA) is 64.2 Å². The zero-order valence-electron chi connectivity index (χ0n) is 12.7. The van der Waals surface area contributed by atoms with Crippen LogP contribution in [0.2, 0.25) is 0 Å². The molecule has 0 spiro atoms. The fourth-order valence-electron chi connectivity index (χ4n) is 3.02. The summed E-state index contributed by atoms with van der Waals surface area (Å²) in [7, 11) is 2.01. The van der Waals surface area contributed by atoms with Gasteiger partial charge in [-0.15, -0.1) is 0 Å². The third-order valence-electron chi connectivity index (χ3n) is 3.95. The normalized spacial score (nSPS) is 19.0. The number of amides is 1. The van der Waals surface area contributed by atoms with Crippen LogP contribution in [-0.2, 0) is 7.05 Å². The molecule has 1 fully saturated rings. The average molecular weight is 288 g/mol. The van der Waals surface area contributed by atoms with Gasteiger partial charge >= 0.3 is 0 Å². The third kappa shape index (κ3) is 2.70. The standard InChI is InChI=1S/C15H20N4O2/c1-10-8-18(3)14(16-10)12-5-4-6-19(9-12)15(20)13-7-11(2)21-17-13/h7-8,12H,4-6,9H2,1-3H3/t12-/m1/s1. The van der Waals surface area contributed by atoms with Crippen LogP contribution >= 0.6 is 0 Å². The van der Waals surface area contributed by atoms with E-state index in [9.17, 15) is 4.79 Å². The van der Waals surface area contributed by atoms with Gasteiger partial charge in [0, 0.05) is 38.3 Å². The summed E-state index contributed by atoms with van der Waals surface area (Å²) in [5.74, 6) is 1.95. The molecule has 0 N–H and O–H groups in total. The van der Waals surface area contributed by atoms with Gasteiger partial charge in [0.15, 0.2) is 5.69 Å². The first kappa shape index (κ1) is 13.9. The summed E-state index contributed by atoms with van der Waals surface area (Å²) in [5, 5.41) is 3.82. The van der Waals surface area contributed by atoms with Crippen LogP contribution in [0.15, 0.2) is 16.8 Å². The van der Waals surface area contributed by atoms with Crippen molar-refractivity contribution in [3.8, 4) is 0 Å². The maximum absolute atomic E-state index is 12.5. The number of imidazole rings is 1. The molecule has 1 amide bonds. The SMILES string of the molecule is Cc1cn(C)c([C@@H]2CCCN(C(=O)c3cc(C)on3)C2)n1. The molecule has 2 aromatic rings. The highest BCUT2D eigenvalue weighted by atomic mass is 16.5. The lowest BCUT2D eigenvalue weighted by molar-refractivity contribution is 0.0693. The summed E-state index contributed by atoms with van der Waals surface area (Å²) in [6.45, 7) is 5.24. The van der Waals surface area contributed by atoms with Crippen LogP contribution < -0.4 is 0 Å². The number of carbonyl (C=O) groups excluding carboxylic acids is 1. The second-order valence-corrected chi connectivity index (χ2v) is 5.76. The number of piperidine rings is 1. The molecule has 1 saturated heterocycles. The maximum Gasteiger partial charge on any atom is 0.276 e. The number of aromatic nitrogens is 3. The Bertz CT molecular complexity index is 658. The van der Waals surface area contributed by atoms with E-state index >= 15 is 0 Å². The molecule has 6 nitrogen and oxygen atoms in total. The van der Waals surface area contributed by atoms with Gasteiger partial charge in [-0.25, -0.2) is 4.98 Å². The lowest BCUT2D eigenvalue weighted by atomic mass is 9.97. The van der Waals surface area contributed by atoms with Gasteiger partial charge in [0.25, 0.3) is 5.91 Å². The van der Waals surface area contributed by atoms with E-state index in [1.165, 1.54) is 0 Å². The highest BCUT2D eigenvalue weighted by Gasteiger charge is 2.29. The molecule has 2 aromatic heterocycles. The third-order valence-corrected chi connectivity index (χ3v) is 3.95. The molecule has 0 radical (unpaired) electrons. The Hall–Kier alpha value is -2.11. The Kier molecular flexibility index (Phi) is 3.53. The van der Waals surface area contributed by atoms with Crippen molar-refractivity contribution < 1.29 is 9.32 Å². The number of rotatable bonds is 2. The van der Waals surface area contributed by atoms with Crippen LogP contribution in [0.5, 0.6) is 0 Å². The molecule has 1 aliphatic rings. The molecule has 0 unspecified atom stereocenters. The van der Waals surface area contributed by atoms with Crippen LogP contribution in [0.25, 0.3) is 0 Å². The minimum Gasteiger partial charge on any atom is -0.361 e. The molecular formula is C15H20N4O2. The maximum atomic E-state index is 12.5. The van der Waals surface area contributed by atoms with Crippen molar-refractivity contribution in [3.63, 3.8) is 0 Å². The van der Waals surface area contributed by atoms with Gasteiger partial charge in [-0.1, -0.05) is 5.16 Å². The lowest BCUT2D eigenvalue weighted by Gasteiger charge is -2.31. The molecule has 0 bridgehead atoms. The van der Waals surface area contributed by atoms with Crippen molar-refractivity contribution in [3.05, 3.63) is 35.2 Å². The first-order chi connectivity index (χ1) is 10.0. The Morgan fingerprint density at radius 1 is 1.43 bits per heavy atom. The summed E-state index contributed by atoms with van der Waals surface area (Å²) in [6, 6.07) is 1.69. The second kappa shape index (κ2) is 5.35. The van der Waals surface area contributed by atoms with Crippen LogP contribution in [-0.4, -0.2) is 38.6 Å². The smallest absolute Gasteiger partial charge is 0.276 e. The molecule has 1 atom stereocenters. The van der Waals surface area contributed by atoms with Gasteiger partial charge in [0.2, 0.25) is 0 Å². The second-order valence-electron chi connectivity index (χ2n) is 5.76. The molecule has 0 aliphatic carbocycles. The van der Waals surface area contributed by atoms with E-state index in [1.807, 2.05) is 25.1 Å². The van der Waals surface area contributed by atoms with Crippen molar-refractivity contribution >= 4 is 5.91 Å². The van der Waals surface area contributed by atoms with Crippen LogP contribution in [0.3, 0.4) is 0 Å². The highest BCUT2D eigenvalue weighted by molar-refractivity contribution is 5.92. The highest BCUT2D eigenvalue weighted by Crippen LogP contribution is 2.27. The van der Waals surface area contributed by atoms with Crippen molar-refractivity contribution in [2.75, 3.05) is 13.1 Å². The van der Waals surface area contributed by atoms with E-state index in [4.69, 9.17) is 4.52 Å². The van der Waals surface area contributed by atoms with Gasteiger partial charge in [-0.2, -0.15) is 0 Å². The zero-order valence-corrected chi connectivity index (χ0v) is 12.7. The summed E-state index contributed by atoms with van der Waals surface area (Å²) in [4.78, 5) is 18.9. The van der Waals surface area contributed by atoms with E-state index in [0.717, 1.165) is 30.9 Å². The molecule has 1 aliphatic heterocycles. The average Bonchev–Trinajstić information content (AvgIpc) is 3.04. The predicted molar refractivity (Wildman–Crippen MR) is 77.1 cm³/mol. The summed E-state index contributed by atoms with van der Waals surface area (Å²) >= 11 is 0. The van der Waals surface area contributed by atoms with Crippen molar-refractivity contribution in [2.45, 2.75) is 32.6 Å². The number of nitrogens with zero attached hydrogens (tertiary/aromatic N) is 4. The summed E-state index contributed by atoms with van der Waals surface area (Å²) in [5.41, 5.74) is 1.41.